The summed E-state index contributed by atoms with van der Waals surface area (Å²) in [7, 11) is -3.67. The van der Waals surface area contributed by atoms with Gasteiger partial charge in [-0.05, 0) is 48.9 Å². The maximum absolute atomic E-state index is 13.1. The van der Waals surface area contributed by atoms with Gasteiger partial charge in [0.15, 0.2) is 0 Å². The fraction of sp³-hybridized carbons (Fsp3) is 0.333. The van der Waals surface area contributed by atoms with E-state index in [1.54, 1.807) is 0 Å². The summed E-state index contributed by atoms with van der Waals surface area (Å²) in [6.45, 7) is 0.944. The molecule has 0 bridgehead atoms. The summed E-state index contributed by atoms with van der Waals surface area (Å²) in [5.41, 5.74) is 1.99. The molecule has 1 fully saturated rings. The molecule has 0 spiro atoms. The predicted octanol–water partition coefficient (Wildman–Crippen LogP) is 2.61. The first-order valence-electron chi connectivity index (χ1n) is 9.69. The van der Waals surface area contributed by atoms with E-state index in [-0.39, 0.29) is 11.3 Å². The fourth-order valence-electron chi connectivity index (χ4n) is 3.88. The summed E-state index contributed by atoms with van der Waals surface area (Å²) in [6.07, 6.45) is 2.29. The Morgan fingerprint density at radius 3 is 2.24 bits per heavy atom. The van der Waals surface area contributed by atoms with Gasteiger partial charge >= 0.3 is 0 Å². The van der Waals surface area contributed by atoms with Gasteiger partial charge in [0.25, 0.3) is 0 Å². The zero-order valence-electron chi connectivity index (χ0n) is 15.9. The topological polar surface area (TPSA) is 95.6 Å². The van der Waals surface area contributed by atoms with E-state index < -0.39 is 21.8 Å². The smallest absolute Gasteiger partial charge is 0.243 e. The highest BCUT2D eigenvalue weighted by atomic mass is 32.2. The average Bonchev–Trinajstić information content (AvgIpc) is 2.84. The molecule has 2 aliphatic heterocycles. The van der Waals surface area contributed by atoms with Gasteiger partial charge in [0.2, 0.25) is 21.8 Å². The first kappa shape index (κ1) is 19.6. The molecule has 2 amide bonds. The fourth-order valence-corrected chi connectivity index (χ4v) is 5.38. The van der Waals surface area contributed by atoms with E-state index in [1.165, 1.54) is 28.1 Å². The molecule has 29 heavy (non-hydrogen) atoms. The number of nitrogens with zero attached hydrogens (tertiary/aromatic N) is 1. The van der Waals surface area contributed by atoms with Crippen LogP contribution in [0.3, 0.4) is 0 Å². The second kappa shape index (κ2) is 7.96. The number of carbonyl (C=O) groups excluding carboxylic acids is 2. The van der Waals surface area contributed by atoms with Crippen LogP contribution < -0.4 is 10.6 Å². The summed E-state index contributed by atoms with van der Waals surface area (Å²) < 4.78 is 27.7. The van der Waals surface area contributed by atoms with Gasteiger partial charge in [0, 0.05) is 13.1 Å². The molecule has 2 aromatic carbocycles. The third-order valence-electron chi connectivity index (χ3n) is 5.44. The molecule has 0 unspecified atom stereocenters. The lowest BCUT2D eigenvalue weighted by atomic mass is 9.91. The van der Waals surface area contributed by atoms with E-state index in [4.69, 9.17) is 0 Å². The van der Waals surface area contributed by atoms with Gasteiger partial charge in [-0.3, -0.25) is 9.59 Å². The number of amides is 2. The van der Waals surface area contributed by atoms with Crippen molar-refractivity contribution in [3.8, 4) is 0 Å². The molecule has 2 aliphatic rings. The molecule has 7 nitrogen and oxygen atoms in total. The van der Waals surface area contributed by atoms with Crippen molar-refractivity contribution in [2.24, 2.45) is 5.92 Å². The Bertz CT molecular complexity index is 1030. The van der Waals surface area contributed by atoms with Crippen molar-refractivity contribution >= 4 is 33.2 Å². The highest BCUT2D eigenvalue weighted by Crippen LogP contribution is 2.31. The van der Waals surface area contributed by atoms with Crippen LogP contribution >= 0.6 is 0 Å². The molecule has 2 heterocycles. The highest BCUT2D eigenvalue weighted by Gasteiger charge is 2.30. The number of benzene rings is 2. The summed E-state index contributed by atoms with van der Waals surface area (Å²) in [5, 5.41) is 5.21. The SMILES string of the molecule is O=C1CC(=O)Nc2cc(S(=O)(=O)N3CCC(Cc4ccccc4)CC3)ccc2N1. The quantitative estimate of drug-likeness (QED) is 0.753. The summed E-state index contributed by atoms with van der Waals surface area (Å²) in [6, 6.07) is 14.7. The van der Waals surface area contributed by atoms with Crippen LogP contribution in [-0.4, -0.2) is 37.6 Å². The van der Waals surface area contributed by atoms with Gasteiger partial charge in [0.05, 0.1) is 16.3 Å². The molecule has 8 heteroatoms. The Kier molecular flexibility index (Phi) is 5.38. The molecule has 2 N–H and O–H groups in total. The molecule has 0 radical (unpaired) electrons. The third kappa shape index (κ3) is 4.33. The van der Waals surface area contributed by atoms with Crippen molar-refractivity contribution in [3.05, 3.63) is 54.1 Å². The maximum Gasteiger partial charge on any atom is 0.243 e. The first-order chi connectivity index (χ1) is 13.9. The zero-order valence-corrected chi connectivity index (χ0v) is 16.7. The van der Waals surface area contributed by atoms with E-state index in [2.05, 4.69) is 22.8 Å². The number of hydrogen-bond donors (Lipinski definition) is 2. The van der Waals surface area contributed by atoms with E-state index in [0.717, 1.165) is 19.3 Å². The van der Waals surface area contributed by atoms with E-state index >= 15 is 0 Å². The Labute approximate surface area is 170 Å². The Balaban J connectivity index is 1.47. The van der Waals surface area contributed by atoms with E-state index in [1.807, 2.05) is 18.2 Å². The summed E-state index contributed by atoms with van der Waals surface area (Å²) in [4.78, 5) is 23.5. The second-order valence-electron chi connectivity index (χ2n) is 7.52. The van der Waals surface area contributed by atoms with Crippen molar-refractivity contribution in [2.75, 3.05) is 23.7 Å². The summed E-state index contributed by atoms with van der Waals surface area (Å²) >= 11 is 0. The largest absolute Gasteiger partial charge is 0.324 e. The first-order valence-corrected chi connectivity index (χ1v) is 11.1. The molecule has 0 atom stereocenters. The van der Waals surface area contributed by atoms with Crippen molar-refractivity contribution in [1.82, 2.24) is 4.31 Å². The number of fused-ring (bicyclic) bond motifs is 1. The van der Waals surface area contributed by atoms with Gasteiger partial charge in [-0.25, -0.2) is 8.42 Å². The lowest BCUT2D eigenvalue weighted by molar-refractivity contribution is -0.123. The maximum atomic E-state index is 13.1. The number of anilines is 2. The molecule has 0 saturated carbocycles. The minimum atomic E-state index is -3.67. The van der Waals surface area contributed by atoms with Crippen LogP contribution in [0.25, 0.3) is 0 Å². The van der Waals surface area contributed by atoms with Gasteiger partial charge < -0.3 is 10.6 Å². The van der Waals surface area contributed by atoms with E-state index in [0.29, 0.717) is 30.4 Å². The Hall–Kier alpha value is -2.71. The van der Waals surface area contributed by atoms with Crippen LogP contribution in [0.2, 0.25) is 0 Å². The Morgan fingerprint density at radius 2 is 1.55 bits per heavy atom. The van der Waals surface area contributed by atoms with Gasteiger partial charge in [-0.1, -0.05) is 30.3 Å². The van der Waals surface area contributed by atoms with Crippen LogP contribution in [0.4, 0.5) is 11.4 Å². The zero-order chi connectivity index (χ0) is 20.4. The van der Waals surface area contributed by atoms with Crippen molar-refractivity contribution in [1.29, 1.82) is 0 Å². The summed E-state index contributed by atoms with van der Waals surface area (Å²) in [5.74, 6) is -0.416. The lowest BCUT2D eigenvalue weighted by Crippen LogP contribution is -2.38. The lowest BCUT2D eigenvalue weighted by Gasteiger charge is -2.31. The van der Waals surface area contributed by atoms with Crippen molar-refractivity contribution in [3.63, 3.8) is 0 Å². The highest BCUT2D eigenvalue weighted by molar-refractivity contribution is 7.89. The minimum Gasteiger partial charge on any atom is -0.324 e. The van der Waals surface area contributed by atoms with Crippen molar-refractivity contribution < 1.29 is 18.0 Å². The van der Waals surface area contributed by atoms with Crippen LogP contribution in [0.1, 0.15) is 24.8 Å². The number of sulfonamides is 1. The second-order valence-corrected chi connectivity index (χ2v) is 9.46. The number of nitrogens with one attached hydrogen (secondary N) is 2. The van der Waals surface area contributed by atoms with Crippen LogP contribution in [0.15, 0.2) is 53.4 Å². The molecule has 0 aromatic heterocycles. The molecule has 4 rings (SSSR count). The number of rotatable bonds is 4. The van der Waals surface area contributed by atoms with Gasteiger partial charge in [-0.15, -0.1) is 0 Å². The molecule has 2 aromatic rings. The van der Waals surface area contributed by atoms with Crippen LogP contribution in [-0.2, 0) is 26.0 Å². The average molecular weight is 413 g/mol. The standard InChI is InChI=1S/C21H23N3O4S/c25-20-14-21(26)23-19-13-17(6-7-18(19)22-20)29(27,28)24-10-8-16(9-11-24)12-15-4-2-1-3-5-15/h1-7,13,16H,8-12,14H2,(H,22,25)(H,23,26). The molecular weight excluding hydrogens is 390 g/mol. The number of piperidine rings is 1. The van der Waals surface area contributed by atoms with E-state index in [9.17, 15) is 18.0 Å². The van der Waals surface area contributed by atoms with Crippen LogP contribution in [0.5, 0.6) is 0 Å². The molecule has 152 valence electrons. The molecular formula is C21H23N3O4S. The van der Waals surface area contributed by atoms with Gasteiger partial charge in [0.1, 0.15) is 6.42 Å². The number of carbonyl (C=O) groups is 2. The molecule has 1 saturated heterocycles. The Morgan fingerprint density at radius 1 is 0.897 bits per heavy atom. The third-order valence-corrected chi connectivity index (χ3v) is 7.33. The number of hydrogen-bond acceptors (Lipinski definition) is 4. The molecule has 0 aliphatic carbocycles. The minimum absolute atomic E-state index is 0.120. The van der Waals surface area contributed by atoms with Crippen LogP contribution in [0, 0.1) is 5.92 Å². The predicted molar refractivity (Wildman–Crippen MR) is 110 cm³/mol. The van der Waals surface area contributed by atoms with Crippen molar-refractivity contribution in [2.45, 2.75) is 30.6 Å². The monoisotopic (exact) mass is 413 g/mol. The normalized spacial score (nSPS) is 18.5. The van der Waals surface area contributed by atoms with Gasteiger partial charge in [-0.2, -0.15) is 4.31 Å².